The Bertz CT molecular complexity index is 858. The van der Waals surface area contributed by atoms with Crippen molar-refractivity contribution in [2.75, 3.05) is 4.90 Å². The second-order valence-electron chi connectivity index (χ2n) is 5.20. The standard InChI is InChI=1S/C17H12N2O3S2/c1-11-2-4-12(5-3-11)10-15-16(20)18(17(23)24-15)13-6-8-14(9-7-13)19(21)22/h2-10H,1H3/b15-10-. The van der Waals surface area contributed by atoms with Crippen molar-refractivity contribution < 1.29 is 9.72 Å². The van der Waals surface area contributed by atoms with Gasteiger partial charge in [0.05, 0.1) is 15.5 Å². The SMILES string of the molecule is Cc1ccc(/C=C2\SC(=S)N(c3ccc([N+](=O)[O-])cc3)C2=O)cc1. The van der Waals surface area contributed by atoms with Crippen LogP contribution in [0.2, 0.25) is 0 Å². The molecule has 0 N–H and O–H groups in total. The number of hydrogen-bond acceptors (Lipinski definition) is 5. The number of hydrogen-bond donors (Lipinski definition) is 0. The molecule has 1 heterocycles. The molecule has 0 aromatic heterocycles. The summed E-state index contributed by atoms with van der Waals surface area (Å²) in [4.78, 5) is 24.8. The predicted molar refractivity (Wildman–Crippen MR) is 99.9 cm³/mol. The predicted octanol–water partition coefficient (Wildman–Crippen LogP) is 4.31. The maximum absolute atomic E-state index is 12.6. The van der Waals surface area contributed by atoms with Crippen LogP contribution in [0.4, 0.5) is 11.4 Å². The fourth-order valence-corrected chi connectivity index (χ4v) is 3.53. The average molecular weight is 356 g/mol. The van der Waals surface area contributed by atoms with E-state index in [-0.39, 0.29) is 11.6 Å². The highest BCUT2D eigenvalue weighted by Crippen LogP contribution is 2.36. The minimum absolute atomic E-state index is 0.0283. The molecule has 0 aliphatic carbocycles. The number of nitro groups is 1. The summed E-state index contributed by atoms with van der Waals surface area (Å²) in [6.07, 6.45) is 1.80. The zero-order valence-corrected chi connectivity index (χ0v) is 14.3. The lowest BCUT2D eigenvalue weighted by atomic mass is 10.1. The molecule has 24 heavy (non-hydrogen) atoms. The third-order valence-electron chi connectivity index (χ3n) is 3.49. The maximum Gasteiger partial charge on any atom is 0.270 e. The highest BCUT2D eigenvalue weighted by Gasteiger charge is 2.33. The Morgan fingerprint density at radius 3 is 2.33 bits per heavy atom. The summed E-state index contributed by atoms with van der Waals surface area (Å²) in [5.74, 6) is -0.223. The van der Waals surface area contributed by atoms with E-state index in [1.807, 2.05) is 31.2 Å². The van der Waals surface area contributed by atoms with Crippen molar-refractivity contribution in [2.45, 2.75) is 6.92 Å². The molecule has 1 fully saturated rings. The van der Waals surface area contributed by atoms with Crippen LogP contribution >= 0.6 is 24.0 Å². The van der Waals surface area contributed by atoms with E-state index >= 15 is 0 Å². The van der Waals surface area contributed by atoms with Gasteiger partial charge < -0.3 is 0 Å². The lowest BCUT2D eigenvalue weighted by molar-refractivity contribution is -0.384. The van der Waals surface area contributed by atoms with Crippen LogP contribution in [0.15, 0.2) is 53.4 Å². The summed E-state index contributed by atoms with van der Waals surface area (Å²) in [7, 11) is 0. The van der Waals surface area contributed by atoms with Crippen molar-refractivity contribution in [1.82, 2.24) is 0 Å². The molecule has 0 radical (unpaired) electrons. The summed E-state index contributed by atoms with van der Waals surface area (Å²) in [6.45, 7) is 2.00. The van der Waals surface area contributed by atoms with Crippen LogP contribution in [0.25, 0.3) is 6.08 Å². The summed E-state index contributed by atoms with van der Waals surface area (Å²) in [5.41, 5.74) is 2.56. The van der Waals surface area contributed by atoms with E-state index in [0.717, 1.165) is 11.1 Å². The van der Waals surface area contributed by atoms with Gasteiger partial charge in [-0.2, -0.15) is 0 Å². The first-order valence-corrected chi connectivity index (χ1v) is 8.27. The van der Waals surface area contributed by atoms with Crippen molar-refractivity contribution in [3.05, 3.63) is 74.7 Å². The average Bonchev–Trinajstić information content (AvgIpc) is 2.83. The molecular formula is C17H12N2O3S2. The number of nitro benzene ring substituents is 1. The maximum atomic E-state index is 12.6. The van der Waals surface area contributed by atoms with E-state index in [1.54, 1.807) is 6.08 Å². The van der Waals surface area contributed by atoms with Gasteiger partial charge in [0.2, 0.25) is 0 Å². The molecule has 5 nitrogen and oxygen atoms in total. The lowest BCUT2D eigenvalue weighted by Crippen LogP contribution is -2.27. The number of nitrogens with zero attached hydrogens (tertiary/aromatic N) is 2. The number of benzene rings is 2. The van der Waals surface area contributed by atoms with Gasteiger partial charge >= 0.3 is 0 Å². The molecule has 0 spiro atoms. The highest BCUT2D eigenvalue weighted by molar-refractivity contribution is 8.27. The second-order valence-corrected chi connectivity index (χ2v) is 6.88. The molecule has 1 aliphatic heterocycles. The summed E-state index contributed by atoms with van der Waals surface area (Å²) < 4.78 is 0.409. The van der Waals surface area contributed by atoms with E-state index in [2.05, 4.69) is 0 Å². The number of carbonyl (C=O) groups is 1. The number of amides is 1. The molecule has 2 aromatic carbocycles. The van der Waals surface area contributed by atoms with Gasteiger partial charge in [-0.25, -0.2) is 0 Å². The Labute approximate surface area is 148 Å². The quantitative estimate of drug-likeness (QED) is 0.355. The molecule has 2 aromatic rings. The molecule has 1 aliphatic rings. The van der Waals surface area contributed by atoms with Gasteiger partial charge in [0.1, 0.15) is 0 Å². The zero-order valence-electron chi connectivity index (χ0n) is 12.6. The molecule has 0 bridgehead atoms. The largest absolute Gasteiger partial charge is 0.270 e. The van der Waals surface area contributed by atoms with Crippen LogP contribution in [0.5, 0.6) is 0 Å². The number of aryl methyl sites for hydroxylation is 1. The van der Waals surface area contributed by atoms with Crippen molar-refractivity contribution in [3.8, 4) is 0 Å². The smallest absolute Gasteiger partial charge is 0.268 e. The van der Waals surface area contributed by atoms with Gasteiger partial charge in [0.25, 0.3) is 11.6 Å². The normalized spacial score (nSPS) is 16.0. The third kappa shape index (κ3) is 3.22. The number of rotatable bonds is 3. The highest BCUT2D eigenvalue weighted by atomic mass is 32.2. The van der Waals surface area contributed by atoms with Crippen molar-refractivity contribution >= 4 is 51.7 Å². The fraction of sp³-hybridized carbons (Fsp3) is 0.0588. The Hall–Kier alpha value is -2.51. The first kappa shape index (κ1) is 16.4. The Morgan fingerprint density at radius 2 is 1.75 bits per heavy atom. The number of anilines is 1. The Kier molecular flexibility index (Phi) is 4.46. The van der Waals surface area contributed by atoms with Gasteiger partial charge in [-0.05, 0) is 30.7 Å². The summed E-state index contributed by atoms with van der Waals surface area (Å²) in [5, 5.41) is 10.7. The molecule has 3 rings (SSSR count). The van der Waals surface area contributed by atoms with E-state index < -0.39 is 4.92 Å². The monoisotopic (exact) mass is 356 g/mol. The van der Waals surface area contributed by atoms with Gasteiger partial charge in [-0.15, -0.1) is 0 Å². The van der Waals surface area contributed by atoms with Crippen LogP contribution in [0.3, 0.4) is 0 Å². The molecule has 0 atom stereocenters. The Balaban J connectivity index is 1.88. The zero-order chi connectivity index (χ0) is 17.3. The van der Waals surface area contributed by atoms with Gasteiger partial charge in [0.15, 0.2) is 4.32 Å². The van der Waals surface area contributed by atoms with Crippen molar-refractivity contribution in [2.24, 2.45) is 0 Å². The van der Waals surface area contributed by atoms with Gasteiger partial charge in [-0.1, -0.05) is 53.8 Å². The summed E-state index contributed by atoms with van der Waals surface area (Å²) >= 11 is 6.51. The number of thiocarbonyl (C=S) groups is 1. The molecule has 1 amide bonds. The summed E-state index contributed by atoms with van der Waals surface area (Å²) in [6, 6.07) is 13.6. The third-order valence-corrected chi connectivity index (χ3v) is 4.79. The molecule has 120 valence electrons. The molecule has 1 saturated heterocycles. The minimum atomic E-state index is -0.481. The van der Waals surface area contributed by atoms with Crippen LogP contribution in [0.1, 0.15) is 11.1 Å². The van der Waals surface area contributed by atoms with Crippen molar-refractivity contribution in [1.29, 1.82) is 0 Å². The number of non-ortho nitro benzene ring substituents is 1. The van der Waals surface area contributed by atoms with Gasteiger partial charge in [0, 0.05) is 12.1 Å². The Morgan fingerprint density at radius 1 is 1.12 bits per heavy atom. The van der Waals surface area contributed by atoms with Crippen LogP contribution in [-0.2, 0) is 4.79 Å². The van der Waals surface area contributed by atoms with E-state index in [1.165, 1.54) is 40.9 Å². The van der Waals surface area contributed by atoms with Crippen LogP contribution < -0.4 is 4.90 Å². The fourth-order valence-electron chi connectivity index (χ4n) is 2.23. The first-order valence-electron chi connectivity index (χ1n) is 7.05. The van der Waals surface area contributed by atoms with E-state index in [9.17, 15) is 14.9 Å². The number of thioether (sulfide) groups is 1. The molecule has 7 heteroatoms. The minimum Gasteiger partial charge on any atom is -0.268 e. The van der Waals surface area contributed by atoms with Crippen LogP contribution in [0, 0.1) is 17.0 Å². The number of carbonyl (C=O) groups excluding carboxylic acids is 1. The lowest BCUT2D eigenvalue weighted by Gasteiger charge is -2.13. The topological polar surface area (TPSA) is 63.4 Å². The first-order chi connectivity index (χ1) is 11.5. The van der Waals surface area contributed by atoms with Gasteiger partial charge in [-0.3, -0.25) is 19.8 Å². The molecular weight excluding hydrogens is 344 g/mol. The van der Waals surface area contributed by atoms with E-state index in [4.69, 9.17) is 12.2 Å². The second kappa shape index (κ2) is 6.54. The molecule has 0 saturated carbocycles. The van der Waals surface area contributed by atoms with Crippen LogP contribution in [-0.4, -0.2) is 15.2 Å². The van der Waals surface area contributed by atoms with Crippen molar-refractivity contribution in [3.63, 3.8) is 0 Å². The van der Waals surface area contributed by atoms with E-state index in [0.29, 0.717) is 14.9 Å². The molecule has 0 unspecified atom stereocenters.